The maximum Gasteiger partial charge on any atom is 0.266 e. The van der Waals surface area contributed by atoms with Gasteiger partial charge in [-0.1, -0.05) is 18.2 Å². The Bertz CT molecular complexity index is 1490. The highest BCUT2D eigenvalue weighted by atomic mass is 35.5. The minimum Gasteiger partial charge on any atom is -0.507 e. The lowest BCUT2D eigenvalue weighted by Gasteiger charge is -2.15. The van der Waals surface area contributed by atoms with Gasteiger partial charge in [-0.05, 0) is 47.3 Å². The second kappa shape index (κ2) is 12.1. The van der Waals surface area contributed by atoms with Gasteiger partial charge in [0.25, 0.3) is 5.91 Å². The molecular formula is C26H21ClFN5O3S. The third kappa shape index (κ3) is 6.29. The highest BCUT2D eigenvalue weighted by Crippen LogP contribution is 2.36. The van der Waals surface area contributed by atoms with Crippen LogP contribution in [0, 0.1) is 17.1 Å². The number of phenols is 1. The zero-order valence-corrected chi connectivity index (χ0v) is 20.8. The minimum atomic E-state index is -0.628. The van der Waals surface area contributed by atoms with Crippen molar-refractivity contribution in [3.05, 3.63) is 82.3 Å². The van der Waals surface area contributed by atoms with Gasteiger partial charge in [-0.25, -0.2) is 9.37 Å². The van der Waals surface area contributed by atoms with Crippen molar-refractivity contribution in [2.45, 2.75) is 6.42 Å². The number of carbonyl (C=O) groups is 2. The van der Waals surface area contributed by atoms with E-state index in [9.17, 15) is 24.3 Å². The summed E-state index contributed by atoms with van der Waals surface area (Å²) in [5.41, 5.74) is 7.37. The highest BCUT2D eigenvalue weighted by molar-refractivity contribution is 7.12. The Labute approximate surface area is 222 Å². The van der Waals surface area contributed by atoms with E-state index >= 15 is 0 Å². The largest absolute Gasteiger partial charge is 0.507 e. The van der Waals surface area contributed by atoms with Gasteiger partial charge in [0.15, 0.2) is 5.82 Å². The molecule has 2 amide bonds. The van der Waals surface area contributed by atoms with Crippen LogP contribution in [0.3, 0.4) is 0 Å². The quantitative estimate of drug-likeness (QED) is 0.257. The van der Waals surface area contributed by atoms with Crippen molar-refractivity contribution in [2.75, 3.05) is 17.2 Å². The van der Waals surface area contributed by atoms with E-state index in [1.165, 1.54) is 23.5 Å². The monoisotopic (exact) mass is 537 g/mol. The number of nitrogens with two attached hydrogens (primary N) is 1. The summed E-state index contributed by atoms with van der Waals surface area (Å²) in [5.74, 6) is -1.72. The highest BCUT2D eigenvalue weighted by Gasteiger charge is 2.20. The van der Waals surface area contributed by atoms with E-state index in [1.54, 1.807) is 47.8 Å². The number of carbonyl (C=O) groups excluding carboxylic acids is 2. The van der Waals surface area contributed by atoms with E-state index in [2.05, 4.69) is 21.7 Å². The number of aromatic nitrogens is 1. The van der Waals surface area contributed by atoms with Gasteiger partial charge in [-0.15, -0.1) is 23.7 Å². The fourth-order valence-electron chi connectivity index (χ4n) is 3.53. The van der Waals surface area contributed by atoms with Crippen molar-refractivity contribution in [3.8, 4) is 34.2 Å². The molecule has 188 valence electrons. The fourth-order valence-corrected chi connectivity index (χ4v) is 4.15. The molecule has 0 atom stereocenters. The number of nitrogens with one attached hydrogen (secondary N) is 2. The van der Waals surface area contributed by atoms with E-state index in [1.807, 2.05) is 0 Å². The molecule has 0 aliphatic carbocycles. The molecule has 0 aliphatic heterocycles. The molecule has 37 heavy (non-hydrogen) atoms. The molecule has 11 heteroatoms. The molecule has 4 aromatic rings. The van der Waals surface area contributed by atoms with Crippen molar-refractivity contribution in [3.63, 3.8) is 0 Å². The SMILES string of the molecule is Cl.N#Cc1c(-c2cccc(NC(=O)CCN)c2)cc(-c2ccc(F)cc2O)nc1NC(=O)c1cccs1. The van der Waals surface area contributed by atoms with E-state index in [0.29, 0.717) is 21.7 Å². The van der Waals surface area contributed by atoms with Crippen LogP contribution in [0.5, 0.6) is 5.75 Å². The number of nitrogens with zero attached hydrogens (tertiary/aromatic N) is 2. The average Bonchev–Trinajstić information content (AvgIpc) is 3.39. The number of halogens is 2. The van der Waals surface area contributed by atoms with E-state index in [-0.39, 0.29) is 59.7 Å². The third-order valence-electron chi connectivity index (χ3n) is 5.17. The van der Waals surface area contributed by atoms with E-state index in [0.717, 1.165) is 6.07 Å². The lowest BCUT2D eigenvalue weighted by atomic mass is 9.97. The van der Waals surface area contributed by atoms with Crippen molar-refractivity contribution >= 4 is 47.1 Å². The number of aromatic hydroxyl groups is 1. The summed E-state index contributed by atoms with van der Waals surface area (Å²) in [6, 6.07) is 17.3. The Morgan fingerprint density at radius 2 is 1.89 bits per heavy atom. The van der Waals surface area contributed by atoms with Crippen LogP contribution < -0.4 is 16.4 Å². The predicted octanol–water partition coefficient (Wildman–Crippen LogP) is 5.15. The molecule has 2 heterocycles. The first-order chi connectivity index (χ1) is 17.4. The van der Waals surface area contributed by atoms with Crippen LogP contribution in [0.15, 0.2) is 66.0 Å². The molecule has 2 aromatic heterocycles. The van der Waals surface area contributed by atoms with Crippen LogP contribution in [0.1, 0.15) is 21.7 Å². The molecule has 0 bridgehead atoms. The molecule has 0 radical (unpaired) electrons. The first kappa shape index (κ1) is 27.3. The number of pyridine rings is 1. The van der Waals surface area contributed by atoms with Crippen LogP contribution in [0.25, 0.3) is 22.4 Å². The summed E-state index contributed by atoms with van der Waals surface area (Å²) in [6.07, 6.45) is 0.149. The molecule has 0 saturated carbocycles. The second-order valence-corrected chi connectivity index (χ2v) is 8.60. The van der Waals surface area contributed by atoms with Crippen molar-refractivity contribution in [1.29, 1.82) is 5.26 Å². The zero-order chi connectivity index (χ0) is 25.7. The third-order valence-corrected chi connectivity index (χ3v) is 6.04. The van der Waals surface area contributed by atoms with Gasteiger partial charge in [0.2, 0.25) is 5.91 Å². The predicted molar refractivity (Wildman–Crippen MR) is 143 cm³/mol. The molecule has 0 fully saturated rings. The van der Waals surface area contributed by atoms with Gasteiger partial charge in [-0.3, -0.25) is 9.59 Å². The van der Waals surface area contributed by atoms with Crippen LogP contribution in [0.2, 0.25) is 0 Å². The molecule has 8 nitrogen and oxygen atoms in total. The van der Waals surface area contributed by atoms with Crippen molar-refractivity contribution < 1.29 is 19.1 Å². The first-order valence-electron chi connectivity index (χ1n) is 10.8. The summed E-state index contributed by atoms with van der Waals surface area (Å²) in [5, 5.41) is 27.6. The molecule has 0 unspecified atom stereocenters. The van der Waals surface area contributed by atoms with Gasteiger partial charge >= 0.3 is 0 Å². The Morgan fingerprint density at radius 3 is 2.57 bits per heavy atom. The minimum absolute atomic E-state index is 0. The number of anilines is 2. The normalized spacial score (nSPS) is 10.2. The fraction of sp³-hybridized carbons (Fsp3) is 0.0769. The Balaban J connectivity index is 0.00000380. The van der Waals surface area contributed by atoms with Gasteiger partial charge in [-0.2, -0.15) is 5.26 Å². The number of thiophene rings is 1. The molecule has 0 spiro atoms. The Hall–Kier alpha value is -4.30. The van der Waals surface area contributed by atoms with Crippen LogP contribution in [0.4, 0.5) is 15.9 Å². The summed E-state index contributed by atoms with van der Waals surface area (Å²) in [7, 11) is 0. The van der Waals surface area contributed by atoms with Gasteiger partial charge < -0.3 is 21.5 Å². The number of hydrogen-bond donors (Lipinski definition) is 4. The molecular weight excluding hydrogens is 517 g/mol. The number of hydrogen-bond acceptors (Lipinski definition) is 7. The molecule has 4 rings (SSSR count). The number of rotatable bonds is 7. The smallest absolute Gasteiger partial charge is 0.266 e. The lowest BCUT2D eigenvalue weighted by molar-refractivity contribution is -0.116. The Morgan fingerprint density at radius 1 is 1.08 bits per heavy atom. The van der Waals surface area contributed by atoms with Gasteiger partial charge in [0.05, 0.1) is 10.6 Å². The summed E-state index contributed by atoms with van der Waals surface area (Å²) < 4.78 is 13.6. The van der Waals surface area contributed by atoms with Gasteiger partial charge in [0, 0.05) is 35.8 Å². The molecule has 0 aliphatic rings. The van der Waals surface area contributed by atoms with Crippen LogP contribution >= 0.6 is 23.7 Å². The standard InChI is InChI=1S/C26H20FN5O3S.ClH/c27-16-6-7-18(22(33)12-16)21-13-19(15-3-1-4-17(11-15)30-24(34)8-9-28)20(14-29)25(31-21)32-26(35)23-5-2-10-36-23;/h1-7,10-13,33H,8-9,28H2,(H,30,34)(H,31,32,35);1H. The molecule has 0 saturated heterocycles. The number of benzene rings is 2. The van der Waals surface area contributed by atoms with Crippen LogP contribution in [-0.2, 0) is 4.79 Å². The Kier molecular flexibility index (Phi) is 8.92. The number of nitriles is 1. The topological polar surface area (TPSA) is 141 Å². The molecule has 2 aromatic carbocycles. The van der Waals surface area contributed by atoms with E-state index in [4.69, 9.17) is 5.73 Å². The van der Waals surface area contributed by atoms with Crippen LogP contribution in [-0.4, -0.2) is 28.4 Å². The van der Waals surface area contributed by atoms with E-state index < -0.39 is 11.7 Å². The second-order valence-electron chi connectivity index (χ2n) is 7.65. The van der Waals surface area contributed by atoms with Crippen molar-refractivity contribution in [2.24, 2.45) is 5.73 Å². The summed E-state index contributed by atoms with van der Waals surface area (Å²) in [4.78, 5) is 29.6. The number of amides is 2. The maximum atomic E-state index is 13.6. The zero-order valence-electron chi connectivity index (χ0n) is 19.2. The summed E-state index contributed by atoms with van der Waals surface area (Å²) in [6.45, 7) is 0.201. The first-order valence-corrected chi connectivity index (χ1v) is 11.7. The van der Waals surface area contributed by atoms with Crippen molar-refractivity contribution in [1.82, 2.24) is 4.98 Å². The maximum absolute atomic E-state index is 13.6. The molecule has 5 N–H and O–H groups in total. The lowest BCUT2D eigenvalue weighted by Crippen LogP contribution is -2.16. The average molecular weight is 538 g/mol. The summed E-state index contributed by atoms with van der Waals surface area (Å²) >= 11 is 1.23. The number of phenolic OH excluding ortho intramolecular Hbond substituents is 1. The van der Waals surface area contributed by atoms with Gasteiger partial charge in [0.1, 0.15) is 23.2 Å².